The Morgan fingerprint density at radius 2 is 2.00 bits per heavy atom. The summed E-state index contributed by atoms with van der Waals surface area (Å²) in [6.45, 7) is 12.1. The monoisotopic (exact) mass is 358 g/mol. The Morgan fingerprint density at radius 1 is 1.35 bits per heavy atom. The van der Waals surface area contributed by atoms with E-state index in [0.29, 0.717) is 0 Å². The summed E-state index contributed by atoms with van der Waals surface area (Å²) >= 11 is 3.37. The number of hydrogen-bond donors (Lipinski definition) is 1. The van der Waals surface area contributed by atoms with Crippen molar-refractivity contribution >= 4 is 24.2 Å². The van der Waals surface area contributed by atoms with Crippen molar-refractivity contribution in [3.05, 3.63) is 28.5 Å². The molecule has 1 heterocycles. The van der Waals surface area contributed by atoms with E-state index in [2.05, 4.69) is 54.8 Å². The average molecular weight is 359 g/mol. The maximum atomic E-state index is 6.17. The van der Waals surface area contributed by atoms with Gasteiger partial charge in [-0.1, -0.05) is 26.8 Å². The number of halogens is 1. The van der Waals surface area contributed by atoms with E-state index >= 15 is 0 Å². The van der Waals surface area contributed by atoms with Crippen LogP contribution in [0.3, 0.4) is 0 Å². The third kappa shape index (κ3) is 5.28. The number of hydrogen-bond acceptors (Lipinski definition) is 3. The normalized spacial score (nSPS) is 14.3. The van der Waals surface area contributed by atoms with Crippen LogP contribution in [0.15, 0.2) is 22.8 Å². The lowest BCUT2D eigenvalue weighted by Crippen LogP contribution is -2.41. The van der Waals surface area contributed by atoms with Crippen molar-refractivity contribution in [2.75, 3.05) is 6.61 Å². The van der Waals surface area contributed by atoms with Gasteiger partial charge >= 0.3 is 0 Å². The van der Waals surface area contributed by atoms with E-state index in [1.165, 1.54) is 0 Å². The van der Waals surface area contributed by atoms with Crippen molar-refractivity contribution in [3.63, 3.8) is 0 Å². The molecule has 3 nitrogen and oxygen atoms in total. The van der Waals surface area contributed by atoms with Crippen LogP contribution in [0.5, 0.6) is 0 Å². The molecule has 0 fully saturated rings. The first kappa shape index (κ1) is 17.8. The maximum absolute atomic E-state index is 6.17. The highest BCUT2D eigenvalue weighted by atomic mass is 79.9. The highest BCUT2D eigenvalue weighted by Gasteiger charge is 2.36. The van der Waals surface area contributed by atoms with E-state index in [4.69, 9.17) is 10.2 Å². The smallest absolute Gasteiger partial charge is 0.191 e. The molecule has 1 aromatic rings. The molecule has 0 aliphatic heterocycles. The molecular weight excluding hydrogens is 332 g/mol. The molecule has 0 saturated heterocycles. The van der Waals surface area contributed by atoms with Gasteiger partial charge in [-0.2, -0.15) is 0 Å². The molecule has 0 saturated carbocycles. The lowest BCUT2D eigenvalue weighted by Gasteiger charge is -2.36. The summed E-state index contributed by atoms with van der Waals surface area (Å²) in [4.78, 5) is 4.40. The van der Waals surface area contributed by atoms with Crippen molar-refractivity contribution in [1.82, 2.24) is 4.98 Å². The van der Waals surface area contributed by atoms with Crippen molar-refractivity contribution < 1.29 is 4.43 Å². The van der Waals surface area contributed by atoms with Gasteiger partial charge in [0.2, 0.25) is 0 Å². The molecule has 1 rings (SSSR count). The van der Waals surface area contributed by atoms with Crippen molar-refractivity contribution in [3.8, 4) is 0 Å². The maximum Gasteiger partial charge on any atom is 0.191 e. The molecule has 0 amide bonds. The lowest BCUT2D eigenvalue weighted by atomic mass is 10.1. The van der Waals surface area contributed by atoms with E-state index in [1.807, 2.05) is 18.2 Å². The molecule has 20 heavy (non-hydrogen) atoms. The van der Waals surface area contributed by atoms with E-state index in [-0.39, 0.29) is 11.1 Å². The first-order chi connectivity index (χ1) is 9.13. The molecule has 0 bridgehead atoms. The highest BCUT2D eigenvalue weighted by molar-refractivity contribution is 9.10. The zero-order chi connectivity index (χ0) is 15.4. The van der Waals surface area contributed by atoms with Gasteiger partial charge in [0.1, 0.15) is 4.60 Å². The van der Waals surface area contributed by atoms with Gasteiger partial charge in [-0.3, -0.25) is 0 Å². The number of nitrogens with two attached hydrogens (primary N) is 1. The second-order valence-electron chi connectivity index (χ2n) is 6.74. The van der Waals surface area contributed by atoms with Crippen LogP contribution >= 0.6 is 15.9 Å². The van der Waals surface area contributed by atoms with Crippen molar-refractivity contribution in [2.24, 2.45) is 5.73 Å². The fraction of sp³-hybridized carbons (Fsp3) is 0.667. The first-order valence-electron chi connectivity index (χ1n) is 7.15. The minimum Gasteiger partial charge on any atom is -0.417 e. The van der Waals surface area contributed by atoms with Crippen LogP contribution in [0, 0.1) is 0 Å². The Bertz CT molecular complexity index is 432. The second-order valence-corrected chi connectivity index (χ2v) is 12.4. The van der Waals surface area contributed by atoms with Crippen LogP contribution in [-0.2, 0) is 4.43 Å². The number of rotatable bonds is 6. The van der Waals surface area contributed by atoms with Gasteiger partial charge in [0, 0.05) is 12.6 Å². The second kappa shape index (κ2) is 7.16. The summed E-state index contributed by atoms with van der Waals surface area (Å²) in [6.07, 6.45) is 1.87. The Morgan fingerprint density at radius 3 is 2.55 bits per heavy atom. The predicted octanol–water partition coefficient (Wildman–Crippen LogP) is 4.65. The topological polar surface area (TPSA) is 48.1 Å². The summed E-state index contributed by atoms with van der Waals surface area (Å²) < 4.78 is 6.99. The minimum atomic E-state index is -1.63. The SMILES string of the molecule is CC(C)(C)[Si](C)(C)OCCC[C@H](N)c1cccc(Br)n1. The van der Waals surface area contributed by atoms with E-state index in [0.717, 1.165) is 29.7 Å². The minimum absolute atomic E-state index is 0.0180. The first-order valence-corrected chi connectivity index (χ1v) is 10.9. The molecule has 0 aliphatic carbocycles. The summed E-state index contributed by atoms with van der Waals surface area (Å²) in [5, 5.41) is 0.265. The van der Waals surface area contributed by atoms with Gasteiger partial charge in [0.05, 0.1) is 5.69 Å². The van der Waals surface area contributed by atoms with Crippen LogP contribution in [0.1, 0.15) is 45.3 Å². The number of aromatic nitrogens is 1. The van der Waals surface area contributed by atoms with Crippen LogP contribution < -0.4 is 5.73 Å². The zero-order valence-electron chi connectivity index (χ0n) is 13.2. The third-order valence-corrected chi connectivity index (χ3v) is 9.02. The molecule has 1 aromatic heterocycles. The Labute approximate surface area is 132 Å². The van der Waals surface area contributed by atoms with Crippen LogP contribution in [0.4, 0.5) is 0 Å². The molecule has 0 spiro atoms. The molecule has 0 aliphatic rings. The largest absolute Gasteiger partial charge is 0.417 e. The van der Waals surface area contributed by atoms with Gasteiger partial charge < -0.3 is 10.2 Å². The molecule has 0 radical (unpaired) electrons. The standard InChI is InChI=1S/C15H27BrN2OSi/c1-15(2,3)20(4,5)19-11-7-8-12(17)13-9-6-10-14(16)18-13/h6,9-10,12H,7-8,11,17H2,1-5H3/t12-/m0/s1. The predicted molar refractivity (Wildman–Crippen MR) is 91.2 cm³/mol. The molecule has 1 atom stereocenters. The van der Waals surface area contributed by atoms with Gasteiger partial charge in [0.25, 0.3) is 0 Å². The molecule has 114 valence electrons. The highest BCUT2D eigenvalue weighted by Crippen LogP contribution is 2.36. The summed E-state index contributed by atoms with van der Waals surface area (Å²) in [6, 6.07) is 5.84. The Balaban J connectivity index is 2.38. The van der Waals surface area contributed by atoms with Crippen LogP contribution in [-0.4, -0.2) is 19.9 Å². The molecule has 0 aromatic carbocycles. The summed E-state index contributed by atoms with van der Waals surface area (Å²) in [5.74, 6) is 0. The Hall–Kier alpha value is -0.233. The van der Waals surface area contributed by atoms with E-state index in [1.54, 1.807) is 0 Å². The van der Waals surface area contributed by atoms with E-state index in [9.17, 15) is 0 Å². The summed E-state index contributed by atoms with van der Waals surface area (Å²) in [5.41, 5.74) is 7.11. The zero-order valence-corrected chi connectivity index (χ0v) is 15.8. The van der Waals surface area contributed by atoms with Gasteiger partial charge in [-0.15, -0.1) is 0 Å². The molecule has 2 N–H and O–H groups in total. The quantitative estimate of drug-likeness (QED) is 0.457. The van der Waals surface area contributed by atoms with E-state index < -0.39 is 8.32 Å². The van der Waals surface area contributed by atoms with Crippen molar-refractivity contribution in [2.45, 2.75) is 57.8 Å². The van der Waals surface area contributed by atoms with Crippen LogP contribution in [0.2, 0.25) is 18.1 Å². The van der Waals surface area contributed by atoms with Crippen LogP contribution in [0.25, 0.3) is 0 Å². The number of pyridine rings is 1. The molecule has 0 unspecified atom stereocenters. The lowest BCUT2D eigenvalue weighted by molar-refractivity contribution is 0.275. The Kier molecular flexibility index (Phi) is 6.38. The fourth-order valence-electron chi connectivity index (χ4n) is 1.63. The average Bonchev–Trinajstić information content (AvgIpc) is 2.33. The number of nitrogens with zero attached hydrogens (tertiary/aromatic N) is 1. The molecular formula is C15H27BrN2OSi. The van der Waals surface area contributed by atoms with Gasteiger partial charge in [0.15, 0.2) is 8.32 Å². The van der Waals surface area contributed by atoms with Gasteiger partial charge in [-0.05, 0) is 59.0 Å². The summed E-state index contributed by atoms with van der Waals surface area (Å²) in [7, 11) is -1.63. The third-order valence-electron chi connectivity index (χ3n) is 4.05. The molecule has 5 heteroatoms. The van der Waals surface area contributed by atoms with Gasteiger partial charge in [-0.25, -0.2) is 4.98 Å². The fourth-order valence-corrected chi connectivity index (χ4v) is 3.07. The van der Waals surface area contributed by atoms with Crippen molar-refractivity contribution in [1.29, 1.82) is 0 Å².